The predicted octanol–water partition coefficient (Wildman–Crippen LogP) is 1.77. The van der Waals surface area contributed by atoms with Gasteiger partial charge in [0.05, 0.1) is 0 Å². The van der Waals surface area contributed by atoms with E-state index >= 15 is 0 Å². The zero-order valence-electron chi connectivity index (χ0n) is 12.8. The molecule has 0 N–H and O–H groups in total. The fourth-order valence-corrected chi connectivity index (χ4v) is 3.75. The minimum atomic E-state index is 0.116. The Labute approximate surface area is 130 Å². The van der Waals surface area contributed by atoms with Gasteiger partial charge in [0.25, 0.3) is 5.91 Å². The van der Waals surface area contributed by atoms with E-state index in [4.69, 9.17) is 9.47 Å². The summed E-state index contributed by atoms with van der Waals surface area (Å²) in [7, 11) is 0. The van der Waals surface area contributed by atoms with E-state index < -0.39 is 0 Å². The molecule has 22 heavy (non-hydrogen) atoms. The lowest BCUT2D eigenvalue weighted by atomic mass is 10.1. The molecule has 0 bridgehead atoms. The monoisotopic (exact) mass is 302 g/mol. The number of hydrogen-bond acceptors (Lipinski definition) is 4. The summed E-state index contributed by atoms with van der Waals surface area (Å²) in [6.45, 7) is 5.13. The van der Waals surface area contributed by atoms with Gasteiger partial charge in [-0.3, -0.25) is 9.69 Å². The van der Waals surface area contributed by atoms with Gasteiger partial charge in [-0.1, -0.05) is 0 Å². The molecular formula is C17H22N2O3. The Morgan fingerprint density at radius 1 is 1.05 bits per heavy atom. The van der Waals surface area contributed by atoms with E-state index in [1.165, 1.54) is 19.4 Å². The number of carbonyl (C=O) groups excluding carboxylic acids is 1. The van der Waals surface area contributed by atoms with Crippen LogP contribution in [0.3, 0.4) is 0 Å². The summed E-state index contributed by atoms with van der Waals surface area (Å²) in [6.07, 6.45) is 3.54. The van der Waals surface area contributed by atoms with Crippen molar-refractivity contribution in [2.75, 3.05) is 39.4 Å². The molecule has 3 aliphatic rings. The van der Waals surface area contributed by atoms with Crippen molar-refractivity contribution in [1.82, 2.24) is 9.80 Å². The minimum absolute atomic E-state index is 0.116. The Balaban J connectivity index is 1.53. The molecule has 4 rings (SSSR count). The first-order valence-corrected chi connectivity index (χ1v) is 8.24. The number of ether oxygens (including phenoxy) is 2. The SMILES string of the molecule is O=C(c1ccc2c(c1)OCCO2)N1CCCN2CCCC2C1. The Bertz CT molecular complexity index is 575. The number of rotatable bonds is 1. The fourth-order valence-electron chi connectivity index (χ4n) is 3.75. The highest BCUT2D eigenvalue weighted by Gasteiger charge is 2.31. The average molecular weight is 302 g/mol. The van der Waals surface area contributed by atoms with Crippen molar-refractivity contribution in [3.63, 3.8) is 0 Å². The van der Waals surface area contributed by atoms with Gasteiger partial charge >= 0.3 is 0 Å². The van der Waals surface area contributed by atoms with Crippen LogP contribution < -0.4 is 9.47 Å². The van der Waals surface area contributed by atoms with Gasteiger partial charge in [0.1, 0.15) is 13.2 Å². The maximum Gasteiger partial charge on any atom is 0.254 e. The van der Waals surface area contributed by atoms with Crippen LogP contribution in [0.2, 0.25) is 0 Å². The van der Waals surface area contributed by atoms with Crippen molar-refractivity contribution in [1.29, 1.82) is 0 Å². The molecule has 0 saturated carbocycles. The molecule has 0 radical (unpaired) electrons. The molecule has 1 amide bonds. The maximum atomic E-state index is 12.8. The van der Waals surface area contributed by atoms with Crippen LogP contribution in [0, 0.1) is 0 Å². The summed E-state index contributed by atoms with van der Waals surface area (Å²) in [5.41, 5.74) is 0.704. The number of fused-ring (bicyclic) bond motifs is 2. The molecule has 118 valence electrons. The smallest absolute Gasteiger partial charge is 0.254 e. The maximum absolute atomic E-state index is 12.8. The highest BCUT2D eigenvalue weighted by molar-refractivity contribution is 5.95. The Hall–Kier alpha value is -1.75. The first kappa shape index (κ1) is 13.9. The largest absolute Gasteiger partial charge is 0.486 e. The molecule has 0 spiro atoms. The van der Waals surface area contributed by atoms with Crippen LogP contribution in [-0.4, -0.2) is 61.1 Å². The van der Waals surface area contributed by atoms with E-state index in [-0.39, 0.29) is 5.91 Å². The van der Waals surface area contributed by atoms with Gasteiger partial charge in [-0.15, -0.1) is 0 Å². The quantitative estimate of drug-likeness (QED) is 0.793. The molecule has 3 heterocycles. The topological polar surface area (TPSA) is 42.0 Å². The third-order valence-electron chi connectivity index (χ3n) is 4.88. The van der Waals surface area contributed by atoms with Gasteiger partial charge in [-0.2, -0.15) is 0 Å². The standard InChI is InChI=1S/C17H22N2O3/c20-17(13-4-5-15-16(11-13)22-10-9-21-15)19-8-2-7-18-6-1-3-14(18)12-19/h4-5,11,14H,1-3,6-10,12H2. The van der Waals surface area contributed by atoms with Crippen LogP contribution in [-0.2, 0) is 0 Å². The number of nitrogens with zero attached hydrogens (tertiary/aromatic N) is 2. The van der Waals surface area contributed by atoms with E-state index in [9.17, 15) is 4.79 Å². The van der Waals surface area contributed by atoms with Gasteiger partial charge in [-0.25, -0.2) is 0 Å². The summed E-state index contributed by atoms with van der Waals surface area (Å²) < 4.78 is 11.1. The van der Waals surface area contributed by atoms with Crippen LogP contribution in [0.5, 0.6) is 11.5 Å². The highest BCUT2D eigenvalue weighted by Crippen LogP contribution is 2.31. The zero-order chi connectivity index (χ0) is 14.9. The molecule has 1 aromatic carbocycles. The summed E-state index contributed by atoms with van der Waals surface area (Å²) in [6, 6.07) is 6.08. The summed E-state index contributed by atoms with van der Waals surface area (Å²) in [4.78, 5) is 17.4. The van der Waals surface area contributed by atoms with Gasteiger partial charge in [0.15, 0.2) is 11.5 Å². The van der Waals surface area contributed by atoms with Crippen LogP contribution in [0.15, 0.2) is 18.2 Å². The Kier molecular flexibility index (Phi) is 3.66. The summed E-state index contributed by atoms with van der Waals surface area (Å²) in [5.74, 6) is 1.54. The van der Waals surface area contributed by atoms with E-state index in [0.29, 0.717) is 30.6 Å². The van der Waals surface area contributed by atoms with Gasteiger partial charge in [0, 0.05) is 31.2 Å². The number of hydrogen-bond donors (Lipinski definition) is 0. The zero-order valence-corrected chi connectivity index (χ0v) is 12.8. The van der Waals surface area contributed by atoms with Crippen molar-refractivity contribution in [3.8, 4) is 11.5 Å². The molecule has 5 nitrogen and oxygen atoms in total. The van der Waals surface area contributed by atoms with Crippen molar-refractivity contribution < 1.29 is 14.3 Å². The first-order valence-electron chi connectivity index (χ1n) is 8.24. The second kappa shape index (κ2) is 5.80. The lowest BCUT2D eigenvalue weighted by molar-refractivity contribution is 0.0742. The normalized spacial score (nSPS) is 24.7. The van der Waals surface area contributed by atoms with E-state index in [0.717, 1.165) is 31.8 Å². The molecule has 1 unspecified atom stereocenters. The minimum Gasteiger partial charge on any atom is -0.486 e. The second-order valence-corrected chi connectivity index (χ2v) is 6.30. The molecule has 0 aromatic heterocycles. The molecule has 0 aliphatic carbocycles. The molecule has 5 heteroatoms. The summed E-state index contributed by atoms with van der Waals surface area (Å²) in [5, 5.41) is 0. The van der Waals surface area contributed by atoms with Gasteiger partial charge in [0.2, 0.25) is 0 Å². The van der Waals surface area contributed by atoms with Crippen molar-refractivity contribution >= 4 is 5.91 Å². The van der Waals surface area contributed by atoms with Gasteiger partial charge in [-0.05, 0) is 44.0 Å². The number of carbonyl (C=O) groups is 1. The van der Waals surface area contributed by atoms with E-state index in [1.54, 1.807) is 0 Å². The van der Waals surface area contributed by atoms with Crippen molar-refractivity contribution in [2.45, 2.75) is 25.3 Å². The lowest BCUT2D eigenvalue weighted by Gasteiger charge is -2.26. The number of amides is 1. The van der Waals surface area contributed by atoms with Crippen molar-refractivity contribution in [3.05, 3.63) is 23.8 Å². The molecule has 2 fully saturated rings. The van der Waals surface area contributed by atoms with E-state index in [2.05, 4.69) is 4.90 Å². The molecular weight excluding hydrogens is 280 g/mol. The summed E-state index contributed by atoms with van der Waals surface area (Å²) >= 11 is 0. The third kappa shape index (κ3) is 2.54. The molecule has 3 aliphatic heterocycles. The van der Waals surface area contributed by atoms with Crippen LogP contribution in [0.1, 0.15) is 29.6 Å². The molecule has 1 aromatic rings. The van der Waals surface area contributed by atoms with E-state index in [1.807, 2.05) is 23.1 Å². The second-order valence-electron chi connectivity index (χ2n) is 6.30. The van der Waals surface area contributed by atoms with Crippen LogP contribution in [0.25, 0.3) is 0 Å². The van der Waals surface area contributed by atoms with Crippen molar-refractivity contribution in [2.24, 2.45) is 0 Å². The lowest BCUT2D eigenvalue weighted by Crippen LogP contribution is -2.39. The van der Waals surface area contributed by atoms with Gasteiger partial charge < -0.3 is 14.4 Å². The predicted molar refractivity (Wildman–Crippen MR) is 82.5 cm³/mol. The van der Waals surface area contributed by atoms with Crippen LogP contribution in [0.4, 0.5) is 0 Å². The number of benzene rings is 1. The third-order valence-corrected chi connectivity index (χ3v) is 4.88. The molecule has 1 atom stereocenters. The Morgan fingerprint density at radius 3 is 2.77 bits per heavy atom. The fraction of sp³-hybridized carbons (Fsp3) is 0.588. The average Bonchev–Trinajstić information content (AvgIpc) is 2.90. The van der Waals surface area contributed by atoms with Crippen LogP contribution >= 0.6 is 0 Å². The molecule has 2 saturated heterocycles. The Morgan fingerprint density at radius 2 is 1.86 bits per heavy atom. The first-order chi connectivity index (χ1) is 10.8. The highest BCUT2D eigenvalue weighted by atomic mass is 16.6.